The molecule has 0 aromatic rings. The Morgan fingerprint density at radius 3 is 1.28 bits per heavy atom. The molecule has 0 saturated heterocycles. The van der Waals surface area contributed by atoms with Gasteiger partial charge < -0.3 is 10.1 Å². The smallest absolute Gasteiger partial charge is 0.862 e. The number of unbranched alkanes of at least 4 members (excludes halogenated alkanes) is 19. The van der Waals surface area contributed by atoms with E-state index in [1.165, 1.54) is 109 Å². The topological polar surface area (TPSA) is 89.8 Å². The van der Waals surface area contributed by atoms with Crippen LogP contribution >= 0.6 is 0 Å². The third kappa shape index (κ3) is 30.4. The van der Waals surface area contributed by atoms with Crippen LogP contribution in [0.3, 0.4) is 0 Å². The van der Waals surface area contributed by atoms with Crippen molar-refractivity contribution in [1.29, 1.82) is 0 Å². The molecule has 7 heteroatoms. The van der Waals surface area contributed by atoms with Crippen LogP contribution in [0.25, 0.3) is 0 Å². The van der Waals surface area contributed by atoms with E-state index in [2.05, 4.69) is 11.9 Å². The van der Waals surface area contributed by atoms with E-state index in [-0.39, 0.29) is 42.0 Å². The van der Waals surface area contributed by atoms with Crippen LogP contribution in [-0.2, 0) is 10.1 Å². The van der Waals surface area contributed by atoms with Crippen LogP contribution in [0, 0.1) is 0 Å². The van der Waals surface area contributed by atoms with Gasteiger partial charge in [-0.3, -0.25) is 4.55 Å². The molecule has 0 radical (unpaired) electrons. The van der Waals surface area contributed by atoms with Crippen LogP contribution in [0.5, 0.6) is 0 Å². The fourth-order valence-corrected chi connectivity index (χ4v) is 4.22. The molecule has 0 amide bonds. The molecule has 186 valence electrons. The SMILES string of the molecule is CCCCCCCCCCCCCCCCCCCCCCC([O-])=NCCS(=O)(=O)O.[Na+]. The zero-order valence-electron chi connectivity index (χ0n) is 21.3. The van der Waals surface area contributed by atoms with Crippen LogP contribution in [0.2, 0.25) is 0 Å². The summed E-state index contributed by atoms with van der Waals surface area (Å²) in [5.74, 6) is -0.732. The molecule has 0 aliphatic rings. The molecule has 1 N–H and O–H groups in total. The fraction of sp³-hybridized carbons (Fsp3) is 0.960. The summed E-state index contributed by atoms with van der Waals surface area (Å²) in [6.07, 6.45) is 26.9. The average molecular weight is 484 g/mol. The van der Waals surface area contributed by atoms with E-state index in [9.17, 15) is 13.5 Å². The molecule has 0 aromatic heterocycles. The van der Waals surface area contributed by atoms with Crippen molar-refractivity contribution < 1.29 is 47.6 Å². The first kappa shape index (κ1) is 34.5. The molecule has 0 aromatic carbocycles. The first-order valence-corrected chi connectivity index (χ1v) is 14.7. The molecule has 0 saturated carbocycles. The predicted octanol–water partition coefficient (Wildman–Crippen LogP) is 3.85. The first-order valence-electron chi connectivity index (χ1n) is 13.1. The summed E-state index contributed by atoms with van der Waals surface area (Å²) < 4.78 is 29.7. The molecule has 0 heterocycles. The van der Waals surface area contributed by atoms with Gasteiger partial charge >= 0.3 is 29.6 Å². The minimum Gasteiger partial charge on any atom is -0.862 e. The van der Waals surface area contributed by atoms with E-state index in [0.717, 1.165) is 19.3 Å². The summed E-state index contributed by atoms with van der Waals surface area (Å²) in [5.41, 5.74) is 0. The molecule has 0 atom stereocenters. The van der Waals surface area contributed by atoms with Crippen LogP contribution in [-0.4, -0.2) is 31.2 Å². The van der Waals surface area contributed by atoms with Crippen molar-refractivity contribution in [2.75, 3.05) is 12.3 Å². The van der Waals surface area contributed by atoms with Gasteiger partial charge in [-0.1, -0.05) is 129 Å². The van der Waals surface area contributed by atoms with Crippen molar-refractivity contribution in [1.82, 2.24) is 0 Å². The number of rotatable bonds is 24. The summed E-state index contributed by atoms with van der Waals surface area (Å²) in [6.45, 7) is 2.13. The Labute approximate surface area is 221 Å². The number of nitrogens with zero attached hydrogens (tertiary/aromatic N) is 1. The van der Waals surface area contributed by atoms with Crippen molar-refractivity contribution in [2.45, 2.75) is 142 Å². The zero-order valence-corrected chi connectivity index (χ0v) is 24.1. The summed E-state index contributed by atoms with van der Waals surface area (Å²) >= 11 is 0. The van der Waals surface area contributed by atoms with E-state index >= 15 is 0 Å². The minimum atomic E-state index is -4.02. The van der Waals surface area contributed by atoms with Gasteiger partial charge in [0, 0.05) is 0 Å². The van der Waals surface area contributed by atoms with Crippen molar-refractivity contribution in [3.05, 3.63) is 0 Å². The van der Waals surface area contributed by atoms with Gasteiger partial charge in [0.15, 0.2) is 0 Å². The van der Waals surface area contributed by atoms with Gasteiger partial charge in [0.05, 0.1) is 12.3 Å². The third-order valence-electron chi connectivity index (χ3n) is 5.88. The molecule has 0 aliphatic carbocycles. The Kier molecular flexibility index (Phi) is 28.1. The summed E-state index contributed by atoms with van der Waals surface area (Å²) in [4.78, 5) is 3.65. The number of aliphatic imine (C=N–C) groups is 1. The molecular formula is C25H50NNaO4S. The van der Waals surface area contributed by atoms with E-state index in [1.807, 2.05) is 0 Å². The van der Waals surface area contributed by atoms with E-state index in [4.69, 9.17) is 4.55 Å². The maximum Gasteiger partial charge on any atom is 1.00 e. The standard InChI is InChI=1S/C25H51NO4S.Na/c1-2-3-4-5-6-7-8-9-10-11-12-13-14-15-16-17-18-19-20-21-22-25(27)26-23-24-31(28,29)30;/h2-24H2,1H3,(H,26,27)(H,28,29,30);/q;+1/p-1. The molecule has 0 unspecified atom stereocenters. The molecule has 0 spiro atoms. The zero-order chi connectivity index (χ0) is 23.0. The molecule has 0 aliphatic heterocycles. The van der Waals surface area contributed by atoms with Crippen LogP contribution in [0.15, 0.2) is 4.99 Å². The normalized spacial score (nSPS) is 12.1. The fourth-order valence-electron chi connectivity index (χ4n) is 3.90. The van der Waals surface area contributed by atoms with Gasteiger partial charge in [-0.2, -0.15) is 8.42 Å². The maximum absolute atomic E-state index is 11.5. The number of hydrogen-bond donors (Lipinski definition) is 1. The molecule has 0 rings (SSSR count). The van der Waals surface area contributed by atoms with Crippen molar-refractivity contribution in [2.24, 2.45) is 4.99 Å². The Bertz CT molecular complexity index is 512. The van der Waals surface area contributed by atoms with E-state index in [1.54, 1.807) is 0 Å². The summed E-state index contributed by atoms with van der Waals surface area (Å²) in [6, 6.07) is 0. The minimum absolute atomic E-state index is 0. The van der Waals surface area contributed by atoms with Gasteiger partial charge in [0.2, 0.25) is 0 Å². The monoisotopic (exact) mass is 483 g/mol. The Hall–Kier alpha value is 0.380. The maximum atomic E-state index is 11.5. The van der Waals surface area contributed by atoms with Crippen molar-refractivity contribution >= 4 is 16.0 Å². The van der Waals surface area contributed by atoms with Crippen LogP contribution < -0.4 is 34.7 Å². The van der Waals surface area contributed by atoms with E-state index < -0.39 is 15.9 Å². The molecular weight excluding hydrogens is 433 g/mol. The molecule has 32 heavy (non-hydrogen) atoms. The summed E-state index contributed by atoms with van der Waals surface area (Å²) in [5, 5.41) is 11.5. The second-order valence-electron chi connectivity index (χ2n) is 9.03. The van der Waals surface area contributed by atoms with Crippen LogP contribution in [0.1, 0.15) is 142 Å². The van der Waals surface area contributed by atoms with Gasteiger partial charge in [-0.25, -0.2) is 0 Å². The van der Waals surface area contributed by atoms with Gasteiger partial charge in [-0.15, -0.1) is 0 Å². The number of hydrogen-bond acceptors (Lipinski definition) is 4. The second-order valence-corrected chi connectivity index (χ2v) is 10.6. The van der Waals surface area contributed by atoms with Crippen molar-refractivity contribution in [3.63, 3.8) is 0 Å². The molecule has 0 fully saturated rings. The van der Waals surface area contributed by atoms with E-state index in [0.29, 0.717) is 6.42 Å². The Morgan fingerprint density at radius 1 is 0.656 bits per heavy atom. The van der Waals surface area contributed by atoms with Crippen LogP contribution in [0.4, 0.5) is 0 Å². The largest absolute Gasteiger partial charge is 1.00 e. The van der Waals surface area contributed by atoms with Gasteiger partial charge in [0.1, 0.15) is 0 Å². The Morgan fingerprint density at radius 2 is 0.969 bits per heavy atom. The molecule has 0 bridgehead atoms. The van der Waals surface area contributed by atoms with Crippen molar-refractivity contribution in [3.8, 4) is 0 Å². The van der Waals surface area contributed by atoms with Gasteiger partial charge in [-0.05, 0) is 18.7 Å². The van der Waals surface area contributed by atoms with Gasteiger partial charge in [0.25, 0.3) is 10.1 Å². The quantitative estimate of drug-likeness (QED) is 0.0742. The summed E-state index contributed by atoms with van der Waals surface area (Å²) in [7, 11) is -4.02. The Balaban J connectivity index is 0. The predicted molar refractivity (Wildman–Crippen MR) is 131 cm³/mol. The molecule has 5 nitrogen and oxygen atoms in total. The first-order chi connectivity index (χ1) is 15.0. The third-order valence-corrected chi connectivity index (χ3v) is 6.58. The second kappa shape index (κ2) is 26.0. The average Bonchev–Trinajstić information content (AvgIpc) is 2.71.